The zero-order valence-electron chi connectivity index (χ0n) is 12.9. The molecule has 1 saturated heterocycles. The quantitative estimate of drug-likeness (QED) is 0.902. The summed E-state index contributed by atoms with van der Waals surface area (Å²) in [6, 6.07) is 2.10. The number of rotatable bonds is 5. The van der Waals surface area contributed by atoms with Crippen molar-refractivity contribution in [1.82, 2.24) is 14.7 Å². The molecule has 1 aliphatic rings. The lowest BCUT2D eigenvalue weighted by molar-refractivity contribution is -0.141. The number of carboxylic acid groups (broad SMARTS) is 1. The number of nitrogens with zero attached hydrogens (tertiary/aromatic N) is 3. The third-order valence-electron chi connectivity index (χ3n) is 4.25. The molecule has 0 bridgehead atoms. The van der Waals surface area contributed by atoms with E-state index >= 15 is 0 Å². The molecule has 6 nitrogen and oxygen atoms in total. The molecule has 0 aliphatic carbocycles. The number of carbonyl (C=O) groups excluding carboxylic acids is 1. The summed E-state index contributed by atoms with van der Waals surface area (Å²) in [5.41, 5.74) is 1.39. The normalized spacial score (nSPS) is 18.5. The van der Waals surface area contributed by atoms with Crippen LogP contribution in [0, 0.1) is 12.8 Å². The van der Waals surface area contributed by atoms with E-state index in [0.29, 0.717) is 24.7 Å². The van der Waals surface area contributed by atoms with Gasteiger partial charge in [0, 0.05) is 18.8 Å². The van der Waals surface area contributed by atoms with E-state index in [-0.39, 0.29) is 12.5 Å². The number of amides is 1. The van der Waals surface area contributed by atoms with Crippen LogP contribution in [-0.4, -0.2) is 44.8 Å². The zero-order valence-corrected chi connectivity index (χ0v) is 12.9. The summed E-state index contributed by atoms with van der Waals surface area (Å²) < 4.78 is 1.91. The first-order chi connectivity index (χ1) is 9.97. The van der Waals surface area contributed by atoms with Gasteiger partial charge in [-0.05, 0) is 32.3 Å². The highest BCUT2D eigenvalue weighted by molar-refractivity contribution is 5.93. The highest BCUT2D eigenvalue weighted by Crippen LogP contribution is 2.21. The van der Waals surface area contributed by atoms with Crippen LogP contribution in [0.5, 0.6) is 0 Å². The molecule has 1 fully saturated rings. The first-order valence-electron chi connectivity index (χ1n) is 7.56. The molecule has 6 heteroatoms. The number of carboxylic acids is 1. The van der Waals surface area contributed by atoms with E-state index in [1.807, 2.05) is 11.6 Å². The Morgan fingerprint density at radius 2 is 2.10 bits per heavy atom. The summed E-state index contributed by atoms with van der Waals surface area (Å²) >= 11 is 0. The number of aryl methyl sites for hydroxylation is 1. The Bertz CT molecular complexity index is 534. The Hall–Kier alpha value is -1.85. The average Bonchev–Trinajstić information content (AvgIpc) is 3.07. The monoisotopic (exact) mass is 293 g/mol. The summed E-state index contributed by atoms with van der Waals surface area (Å²) in [6.07, 6.45) is 2.46. The lowest BCUT2D eigenvalue weighted by Gasteiger charge is -2.16. The molecule has 0 radical (unpaired) electrons. The van der Waals surface area contributed by atoms with Crippen LogP contribution in [-0.2, 0) is 4.79 Å². The second-order valence-corrected chi connectivity index (χ2v) is 5.66. The SMILES string of the molecule is CCC(CC)n1nc(C(=O)N2CCC(C(=O)O)C2)cc1C. The number of carbonyl (C=O) groups is 2. The van der Waals surface area contributed by atoms with Crippen molar-refractivity contribution in [3.63, 3.8) is 0 Å². The van der Waals surface area contributed by atoms with E-state index in [0.717, 1.165) is 18.5 Å². The predicted octanol–water partition coefficient (Wildman–Crippen LogP) is 2.10. The van der Waals surface area contributed by atoms with Gasteiger partial charge in [-0.1, -0.05) is 13.8 Å². The molecule has 0 saturated carbocycles. The fourth-order valence-corrected chi connectivity index (χ4v) is 2.90. The second kappa shape index (κ2) is 6.28. The van der Waals surface area contributed by atoms with Gasteiger partial charge in [0.2, 0.25) is 0 Å². The molecule has 1 aromatic rings. The molecule has 1 unspecified atom stereocenters. The van der Waals surface area contributed by atoms with Crippen LogP contribution in [0.4, 0.5) is 0 Å². The Labute approximate surface area is 124 Å². The van der Waals surface area contributed by atoms with Crippen LogP contribution in [0.1, 0.15) is 55.3 Å². The average molecular weight is 293 g/mol. The van der Waals surface area contributed by atoms with Crippen molar-refractivity contribution in [3.8, 4) is 0 Å². The van der Waals surface area contributed by atoms with E-state index < -0.39 is 11.9 Å². The zero-order chi connectivity index (χ0) is 15.6. The van der Waals surface area contributed by atoms with E-state index in [1.165, 1.54) is 0 Å². The van der Waals surface area contributed by atoms with Crippen molar-refractivity contribution in [3.05, 3.63) is 17.5 Å². The lowest BCUT2D eigenvalue weighted by Crippen LogP contribution is -2.30. The van der Waals surface area contributed by atoms with E-state index in [9.17, 15) is 9.59 Å². The predicted molar refractivity (Wildman–Crippen MR) is 78.2 cm³/mol. The molecule has 116 valence electrons. The fourth-order valence-electron chi connectivity index (χ4n) is 2.90. The number of hydrogen-bond donors (Lipinski definition) is 1. The molecule has 0 spiro atoms. The van der Waals surface area contributed by atoms with Gasteiger partial charge in [-0.25, -0.2) is 0 Å². The van der Waals surface area contributed by atoms with Gasteiger partial charge in [-0.2, -0.15) is 5.10 Å². The van der Waals surface area contributed by atoms with Gasteiger partial charge >= 0.3 is 5.97 Å². The van der Waals surface area contributed by atoms with Crippen LogP contribution in [0.15, 0.2) is 6.07 Å². The number of aromatic nitrogens is 2. The first-order valence-corrected chi connectivity index (χ1v) is 7.56. The van der Waals surface area contributed by atoms with Gasteiger partial charge in [0.05, 0.1) is 12.0 Å². The third kappa shape index (κ3) is 3.09. The summed E-state index contributed by atoms with van der Waals surface area (Å²) in [4.78, 5) is 25.0. The topological polar surface area (TPSA) is 75.4 Å². The largest absolute Gasteiger partial charge is 0.481 e. The van der Waals surface area contributed by atoms with Gasteiger partial charge in [-0.15, -0.1) is 0 Å². The molecular weight excluding hydrogens is 270 g/mol. The van der Waals surface area contributed by atoms with Crippen LogP contribution in [0.25, 0.3) is 0 Å². The maximum Gasteiger partial charge on any atom is 0.308 e. The highest BCUT2D eigenvalue weighted by Gasteiger charge is 2.32. The number of aliphatic carboxylic acids is 1. The standard InChI is InChI=1S/C15H23N3O3/c1-4-12(5-2)18-10(3)8-13(16-18)14(19)17-7-6-11(9-17)15(20)21/h8,11-12H,4-7,9H2,1-3H3,(H,20,21). The van der Waals surface area contributed by atoms with Crippen LogP contribution < -0.4 is 0 Å². The molecule has 1 N–H and O–H groups in total. The van der Waals surface area contributed by atoms with E-state index in [4.69, 9.17) is 5.11 Å². The van der Waals surface area contributed by atoms with Gasteiger partial charge in [0.15, 0.2) is 5.69 Å². The molecule has 0 aromatic carbocycles. The minimum atomic E-state index is -0.830. The van der Waals surface area contributed by atoms with Gasteiger partial charge in [0.1, 0.15) is 0 Å². The number of likely N-dealkylation sites (tertiary alicyclic amines) is 1. The van der Waals surface area contributed by atoms with Crippen molar-refractivity contribution in [1.29, 1.82) is 0 Å². The summed E-state index contributed by atoms with van der Waals surface area (Å²) in [6.45, 7) is 6.94. The molecule has 2 rings (SSSR count). The first kappa shape index (κ1) is 15.5. The van der Waals surface area contributed by atoms with Crippen molar-refractivity contribution < 1.29 is 14.7 Å². The summed E-state index contributed by atoms with van der Waals surface area (Å²) in [5.74, 6) is -1.44. The molecule has 1 aliphatic heterocycles. The molecular formula is C15H23N3O3. The Kier molecular flexibility index (Phi) is 4.65. The van der Waals surface area contributed by atoms with Crippen LogP contribution in [0.2, 0.25) is 0 Å². The minimum absolute atomic E-state index is 0.161. The lowest BCUT2D eigenvalue weighted by atomic mass is 10.1. The van der Waals surface area contributed by atoms with E-state index in [2.05, 4.69) is 18.9 Å². The fraction of sp³-hybridized carbons (Fsp3) is 0.667. The van der Waals surface area contributed by atoms with Gasteiger partial charge in [-0.3, -0.25) is 14.3 Å². The van der Waals surface area contributed by atoms with E-state index in [1.54, 1.807) is 11.0 Å². The molecule has 2 heterocycles. The molecule has 1 aromatic heterocycles. The second-order valence-electron chi connectivity index (χ2n) is 5.66. The van der Waals surface area contributed by atoms with Crippen molar-refractivity contribution in [2.75, 3.05) is 13.1 Å². The van der Waals surface area contributed by atoms with Crippen molar-refractivity contribution in [2.24, 2.45) is 5.92 Å². The molecule has 21 heavy (non-hydrogen) atoms. The van der Waals surface area contributed by atoms with Crippen LogP contribution >= 0.6 is 0 Å². The smallest absolute Gasteiger partial charge is 0.308 e. The summed E-state index contributed by atoms with van der Waals surface area (Å²) in [5, 5.41) is 13.5. The maximum absolute atomic E-state index is 12.4. The van der Waals surface area contributed by atoms with Gasteiger partial charge in [0.25, 0.3) is 5.91 Å². The Balaban J connectivity index is 2.14. The van der Waals surface area contributed by atoms with Crippen LogP contribution in [0.3, 0.4) is 0 Å². The number of hydrogen-bond acceptors (Lipinski definition) is 3. The Morgan fingerprint density at radius 1 is 1.43 bits per heavy atom. The maximum atomic E-state index is 12.4. The molecule has 1 amide bonds. The van der Waals surface area contributed by atoms with Crippen molar-refractivity contribution in [2.45, 2.75) is 46.1 Å². The third-order valence-corrected chi connectivity index (χ3v) is 4.25. The Morgan fingerprint density at radius 3 is 2.62 bits per heavy atom. The van der Waals surface area contributed by atoms with Gasteiger partial charge < -0.3 is 10.0 Å². The van der Waals surface area contributed by atoms with Crippen molar-refractivity contribution >= 4 is 11.9 Å². The minimum Gasteiger partial charge on any atom is -0.481 e. The summed E-state index contributed by atoms with van der Waals surface area (Å²) in [7, 11) is 0. The molecule has 1 atom stereocenters. The highest BCUT2D eigenvalue weighted by atomic mass is 16.4.